The standard InChI is InChI=1S/C23H34N2O3/c1-17-4-3-5-19(12-17)22(27)25-10-7-23(8-11-25)13-20(28-16-23)14-24-9-6-18(2)21(26)15-24/h3-5,12,18,20-21,26H,6-11,13-16H2,1-2H3/t18-,20+,21-/m1/s1. The van der Waals surface area contributed by atoms with E-state index in [-0.39, 0.29) is 23.5 Å². The van der Waals surface area contributed by atoms with Crippen molar-refractivity contribution in [1.29, 1.82) is 0 Å². The van der Waals surface area contributed by atoms with Gasteiger partial charge in [0.1, 0.15) is 0 Å². The first kappa shape index (κ1) is 19.9. The number of carbonyl (C=O) groups excluding carboxylic acids is 1. The largest absolute Gasteiger partial charge is 0.392 e. The monoisotopic (exact) mass is 386 g/mol. The molecule has 1 aromatic rings. The lowest BCUT2D eigenvalue weighted by atomic mass is 9.76. The lowest BCUT2D eigenvalue weighted by Gasteiger charge is -2.39. The summed E-state index contributed by atoms with van der Waals surface area (Å²) in [5.41, 5.74) is 2.16. The SMILES string of the molecule is Cc1cccc(C(=O)N2CCC3(CC2)CO[C@H](CN2CC[C@@H](C)[C@H](O)C2)C3)c1. The number of hydrogen-bond donors (Lipinski definition) is 1. The van der Waals surface area contributed by atoms with E-state index in [2.05, 4.69) is 11.8 Å². The molecular formula is C23H34N2O3. The lowest BCUT2D eigenvalue weighted by Crippen LogP contribution is -2.46. The maximum Gasteiger partial charge on any atom is 0.253 e. The summed E-state index contributed by atoms with van der Waals surface area (Å²) in [6.07, 6.45) is 4.26. The molecule has 0 radical (unpaired) electrons. The van der Waals surface area contributed by atoms with Gasteiger partial charge in [-0.25, -0.2) is 0 Å². The third-order valence-electron chi connectivity index (χ3n) is 7.13. The minimum atomic E-state index is -0.208. The summed E-state index contributed by atoms with van der Waals surface area (Å²) in [4.78, 5) is 17.2. The van der Waals surface area contributed by atoms with Crippen LogP contribution in [-0.4, -0.2) is 72.4 Å². The number of aliphatic hydroxyl groups is 1. The smallest absolute Gasteiger partial charge is 0.253 e. The molecule has 3 aliphatic heterocycles. The fraction of sp³-hybridized carbons (Fsp3) is 0.696. The number of likely N-dealkylation sites (tertiary alicyclic amines) is 2. The van der Waals surface area contributed by atoms with Gasteiger partial charge in [-0.2, -0.15) is 0 Å². The first-order valence-electron chi connectivity index (χ1n) is 10.8. The minimum Gasteiger partial charge on any atom is -0.392 e. The first-order valence-corrected chi connectivity index (χ1v) is 10.8. The Hall–Kier alpha value is -1.43. The fourth-order valence-electron chi connectivity index (χ4n) is 5.07. The van der Waals surface area contributed by atoms with Crippen LogP contribution in [0.2, 0.25) is 0 Å². The maximum atomic E-state index is 12.8. The van der Waals surface area contributed by atoms with Gasteiger partial charge in [0, 0.05) is 31.7 Å². The molecule has 1 amide bonds. The van der Waals surface area contributed by atoms with Crippen molar-refractivity contribution >= 4 is 5.91 Å². The van der Waals surface area contributed by atoms with Crippen LogP contribution in [0.1, 0.15) is 48.5 Å². The number of ether oxygens (including phenoxy) is 1. The molecule has 0 unspecified atom stereocenters. The van der Waals surface area contributed by atoms with Crippen LogP contribution in [0.25, 0.3) is 0 Å². The van der Waals surface area contributed by atoms with Crippen molar-refractivity contribution < 1.29 is 14.6 Å². The van der Waals surface area contributed by atoms with Crippen molar-refractivity contribution in [3.63, 3.8) is 0 Å². The zero-order valence-corrected chi connectivity index (χ0v) is 17.3. The van der Waals surface area contributed by atoms with Crippen molar-refractivity contribution in [2.45, 2.75) is 51.7 Å². The highest BCUT2D eigenvalue weighted by Crippen LogP contribution is 2.42. The number of amides is 1. The highest BCUT2D eigenvalue weighted by molar-refractivity contribution is 5.94. The van der Waals surface area contributed by atoms with Crippen LogP contribution in [0.5, 0.6) is 0 Å². The molecule has 3 aliphatic rings. The molecule has 3 heterocycles. The molecule has 28 heavy (non-hydrogen) atoms. The van der Waals surface area contributed by atoms with Crippen molar-refractivity contribution in [2.75, 3.05) is 39.3 Å². The number of rotatable bonds is 3. The summed E-state index contributed by atoms with van der Waals surface area (Å²) in [5, 5.41) is 10.1. The topological polar surface area (TPSA) is 53.0 Å². The number of hydrogen-bond acceptors (Lipinski definition) is 4. The van der Waals surface area contributed by atoms with Crippen LogP contribution in [0.15, 0.2) is 24.3 Å². The molecule has 154 valence electrons. The maximum absolute atomic E-state index is 12.8. The van der Waals surface area contributed by atoms with Crippen molar-refractivity contribution in [1.82, 2.24) is 9.80 Å². The number of carbonyl (C=O) groups is 1. The Kier molecular flexibility index (Phi) is 5.77. The average molecular weight is 387 g/mol. The van der Waals surface area contributed by atoms with E-state index >= 15 is 0 Å². The Bertz CT molecular complexity index is 699. The molecule has 5 nitrogen and oxygen atoms in total. The summed E-state index contributed by atoms with van der Waals surface area (Å²) in [7, 11) is 0. The number of aliphatic hydroxyl groups excluding tert-OH is 1. The van der Waals surface area contributed by atoms with E-state index < -0.39 is 0 Å². The molecule has 1 aromatic carbocycles. The van der Waals surface area contributed by atoms with Gasteiger partial charge in [-0.3, -0.25) is 9.69 Å². The van der Waals surface area contributed by atoms with Gasteiger partial charge in [-0.1, -0.05) is 24.6 Å². The Morgan fingerprint density at radius 1 is 1.29 bits per heavy atom. The number of β-amino-alcohol motifs (C(OH)–C–C–N with tert-alkyl or cyclic N) is 1. The molecule has 1 N–H and O–H groups in total. The molecule has 3 atom stereocenters. The van der Waals surface area contributed by atoms with Gasteiger partial charge < -0.3 is 14.7 Å². The lowest BCUT2D eigenvalue weighted by molar-refractivity contribution is 0.000908. The Morgan fingerprint density at radius 2 is 2.07 bits per heavy atom. The predicted molar refractivity (Wildman–Crippen MR) is 109 cm³/mol. The van der Waals surface area contributed by atoms with Crippen LogP contribution in [-0.2, 0) is 4.74 Å². The van der Waals surface area contributed by atoms with E-state index in [9.17, 15) is 9.90 Å². The van der Waals surface area contributed by atoms with Crippen LogP contribution >= 0.6 is 0 Å². The van der Waals surface area contributed by atoms with E-state index in [1.165, 1.54) is 0 Å². The normalized spacial score (nSPS) is 30.7. The zero-order valence-electron chi connectivity index (χ0n) is 17.3. The van der Waals surface area contributed by atoms with Crippen LogP contribution in [0.3, 0.4) is 0 Å². The summed E-state index contributed by atoms with van der Waals surface area (Å²) in [6.45, 7) is 9.38. The molecule has 3 fully saturated rings. The van der Waals surface area contributed by atoms with Crippen molar-refractivity contribution in [2.24, 2.45) is 11.3 Å². The van der Waals surface area contributed by atoms with E-state index in [1.807, 2.05) is 36.1 Å². The minimum absolute atomic E-state index is 0.158. The molecule has 0 aliphatic carbocycles. The Balaban J connectivity index is 1.28. The van der Waals surface area contributed by atoms with Gasteiger partial charge >= 0.3 is 0 Å². The summed E-state index contributed by atoms with van der Waals surface area (Å²) in [5.74, 6) is 0.563. The van der Waals surface area contributed by atoms with E-state index in [0.29, 0.717) is 5.92 Å². The van der Waals surface area contributed by atoms with Gasteiger partial charge in [0.05, 0.1) is 18.8 Å². The first-order chi connectivity index (χ1) is 13.4. The van der Waals surface area contributed by atoms with Crippen LogP contribution in [0.4, 0.5) is 0 Å². The highest BCUT2D eigenvalue weighted by atomic mass is 16.5. The van der Waals surface area contributed by atoms with Crippen LogP contribution < -0.4 is 0 Å². The quantitative estimate of drug-likeness (QED) is 0.868. The van der Waals surface area contributed by atoms with E-state index in [4.69, 9.17) is 4.74 Å². The summed E-state index contributed by atoms with van der Waals surface area (Å²) >= 11 is 0. The Morgan fingerprint density at radius 3 is 2.79 bits per heavy atom. The molecule has 1 spiro atoms. The molecular weight excluding hydrogens is 352 g/mol. The second kappa shape index (κ2) is 8.13. The number of aryl methyl sites for hydroxylation is 1. The molecule has 3 saturated heterocycles. The Labute approximate surface area is 168 Å². The average Bonchev–Trinajstić information content (AvgIpc) is 3.07. The number of benzene rings is 1. The van der Waals surface area contributed by atoms with E-state index in [0.717, 1.165) is 76.1 Å². The predicted octanol–water partition coefficient (Wildman–Crippen LogP) is 2.71. The molecule has 0 bridgehead atoms. The van der Waals surface area contributed by atoms with Gasteiger partial charge in [0.15, 0.2) is 0 Å². The third kappa shape index (κ3) is 4.27. The van der Waals surface area contributed by atoms with Gasteiger partial charge in [-0.15, -0.1) is 0 Å². The third-order valence-corrected chi connectivity index (χ3v) is 7.13. The molecule has 0 saturated carbocycles. The van der Waals surface area contributed by atoms with Gasteiger partial charge in [0.2, 0.25) is 0 Å². The summed E-state index contributed by atoms with van der Waals surface area (Å²) in [6, 6.07) is 7.89. The highest BCUT2D eigenvalue weighted by Gasteiger charge is 2.43. The molecule has 4 rings (SSSR count). The van der Waals surface area contributed by atoms with Gasteiger partial charge in [-0.05, 0) is 62.6 Å². The van der Waals surface area contributed by atoms with Crippen molar-refractivity contribution in [3.8, 4) is 0 Å². The molecule has 0 aromatic heterocycles. The number of nitrogens with zero attached hydrogens (tertiary/aromatic N) is 2. The second-order valence-electron chi connectivity index (χ2n) is 9.39. The van der Waals surface area contributed by atoms with Crippen LogP contribution in [0, 0.1) is 18.3 Å². The fourth-order valence-corrected chi connectivity index (χ4v) is 5.07. The van der Waals surface area contributed by atoms with E-state index in [1.54, 1.807) is 0 Å². The zero-order chi connectivity index (χ0) is 19.7. The number of piperidine rings is 2. The summed E-state index contributed by atoms with van der Waals surface area (Å²) < 4.78 is 6.18. The molecule has 5 heteroatoms. The second-order valence-corrected chi connectivity index (χ2v) is 9.39. The van der Waals surface area contributed by atoms with Gasteiger partial charge in [0.25, 0.3) is 5.91 Å². The van der Waals surface area contributed by atoms with Crippen molar-refractivity contribution in [3.05, 3.63) is 35.4 Å².